The number of amides is 1. The lowest BCUT2D eigenvalue weighted by Crippen LogP contribution is -2.31. The number of methoxy groups -OCH3 is 1. The van der Waals surface area contributed by atoms with Gasteiger partial charge in [-0.15, -0.1) is 0 Å². The maximum atomic E-state index is 13.0. The zero-order valence-electron chi connectivity index (χ0n) is 11.8. The van der Waals surface area contributed by atoms with Crippen LogP contribution in [-0.4, -0.2) is 42.1 Å². The number of halogens is 1. The third-order valence-electron chi connectivity index (χ3n) is 3.73. The molecule has 0 bridgehead atoms. The molecule has 114 valence electrons. The van der Waals surface area contributed by atoms with E-state index in [2.05, 4.69) is 4.74 Å². The number of benzene rings is 1. The molecule has 1 aromatic rings. The van der Waals surface area contributed by atoms with Crippen LogP contribution in [0.3, 0.4) is 0 Å². The van der Waals surface area contributed by atoms with Crippen LogP contribution in [0.4, 0.5) is 4.39 Å². The van der Waals surface area contributed by atoms with Crippen molar-refractivity contribution in [2.75, 3.05) is 20.3 Å². The highest BCUT2D eigenvalue weighted by Crippen LogP contribution is 2.31. The monoisotopic (exact) mass is 295 g/mol. The van der Waals surface area contributed by atoms with Crippen LogP contribution in [0.5, 0.6) is 0 Å². The molecule has 2 unspecified atom stereocenters. The highest BCUT2D eigenvalue weighted by Gasteiger charge is 2.38. The third kappa shape index (κ3) is 3.39. The van der Waals surface area contributed by atoms with Gasteiger partial charge in [0.05, 0.1) is 19.1 Å². The highest BCUT2D eigenvalue weighted by molar-refractivity contribution is 5.87. The van der Waals surface area contributed by atoms with Gasteiger partial charge in [0.2, 0.25) is 5.91 Å². The number of hydrogen-bond donors (Lipinski definition) is 1. The topological polar surface area (TPSA) is 66.8 Å². The number of likely N-dealkylation sites (tertiary alicyclic amines) is 1. The zero-order chi connectivity index (χ0) is 15.4. The molecule has 1 aromatic carbocycles. The second-order valence-corrected chi connectivity index (χ2v) is 5.05. The first-order valence-corrected chi connectivity index (χ1v) is 6.80. The quantitative estimate of drug-likeness (QED) is 0.831. The molecule has 1 saturated heterocycles. The number of carbonyl (C=O) groups is 2. The summed E-state index contributed by atoms with van der Waals surface area (Å²) >= 11 is 0. The summed E-state index contributed by atoms with van der Waals surface area (Å²) in [5, 5.41) is 9.22. The van der Waals surface area contributed by atoms with Crippen LogP contribution in [0.2, 0.25) is 0 Å². The maximum Gasteiger partial charge on any atom is 0.310 e. The predicted octanol–water partition coefficient (Wildman–Crippen LogP) is 1.27. The molecular weight excluding hydrogens is 277 g/mol. The Balaban J connectivity index is 2.20. The number of aliphatic hydroxyl groups is 1. The van der Waals surface area contributed by atoms with Crippen molar-refractivity contribution < 1.29 is 23.8 Å². The van der Waals surface area contributed by atoms with Crippen molar-refractivity contribution in [2.24, 2.45) is 5.92 Å². The number of nitrogens with zero attached hydrogens (tertiary/aromatic N) is 1. The lowest BCUT2D eigenvalue weighted by molar-refractivity contribution is -0.145. The van der Waals surface area contributed by atoms with E-state index in [0.717, 1.165) is 5.56 Å². The molecule has 0 aliphatic carbocycles. The van der Waals surface area contributed by atoms with Crippen LogP contribution in [0.15, 0.2) is 24.3 Å². The van der Waals surface area contributed by atoms with E-state index in [-0.39, 0.29) is 37.3 Å². The summed E-state index contributed by atoms with van der Waals surface area (Å²) < 4.78 is 17.7. The normalized spacial score (nSPS) is 19.7. The number of carbonyl (C=O) groups excluding carboxylic acids is 2. The highest BCUT2D eigenvalue weighted by atomic mass is 19.1. The van der Waals surface area contributed by atoms with Gasteiger partial charge in [0.15, 0.2) is 0 Å². The minimum absolute atomic E-state index is 0.102. The Labute approximate surface area is 122 Å². The van der Waals surface area contributed by atoms with Crippen LogP contribution >= 0.6 is 0 Å². The summed E-state index contributed by atoms with van der Waals surface area (Å²) in [5.74, 6) is -1.41. The molecule has 0 radical (unpaired) electrons. The summed E-state index contributed by atoms with van der Waals surface area (Å²) in [6.07, 6.45) is 0.445. The van der Waals surface area contributed by atoms with E-state index in [4.69, 9.17) is 0 Å². The molecule has 2 rings (SSSR count). The smallest absolute Gasteiger partial charge is 0.310 e. The Morgan fingerprint density at radius 2 is 2.14 bits per heavy atom. The van der Waals surface area contributed by atoms with Crippen molar-refractivity contribution in [3.05, 3.63) is 35.6 Å². The summed E-state index contributed by atoms with van der Waals surface area (Å²) in [6.45, 7) is 0.155. The lowest BCUT2D eigenvalue weighted by atomic mass is 10.0. The Morgan fingerprint density at radius 3 is 2.71 bits per heavy atom. The molecule has 0 aromatic heterocycles. The first kappa shape index (κ1) is 15.4. The van der Waals surface area contributed by atoms with E-state index < -0.39 is 11.9 Å². The zero-order valence-corrected chi connectivity index (χ0v) is 11.8. The van der Waals surface area contributed by atoms with Gasteiger partial charge in [-0.05, 0) is 24.1 Å². The van der Waals surface area contributed by atoms with Gasteiger partial charge in [-0.1, -0.05) is 12.1 Å². The first-order chi connectivity index (χ1) is 10.1. The van der Waals surface area contributed by atoms with Crippen molar-refractivity contribution in [1.29, 1.82) is 0 Å². The van der Waals surface area contributed by atoms with Gasteiger partial charge in [0.1, 0.15) is 5.82 Å². The molecule has 2 atom stereocenters. The summed E-state index contributed by atoms with van der Waals surface area (Å²) in [4.78, 5) is 25.3. The molecule has 1 amide bonds. The minimum Gasteiger partial charge on any atom is -0.469 e. The predicted molar refractivity (Wildman–Crippen MR) is 72.7 cm³/mol. The fourth-order valence-corrected chi connectivity index (χ4v) is 2.67. The second kappa shape index (κ2) is 6.67. The van der Waals surface area contributed by atoms with Crippen molar-refractivity contribution in [3.63, 3.8) is 0 Å². The average Bonchev–Trinajstić information content (AvgIpc) is 2.87. The Bertz CT molecular complexity index is 517. The molecule has 0 spiro atoms. The Hall–Kier alpha value is -1.95. The molecule has 0 saturated carbocycles. The molecule has 1 N–H and O–H groups in total. The number of esters is 1. The van der Waals surface area contributed by atoms with Crippen molar-refractivity contribution in [2.45, 2.75) is 18.9 Å². The molecule has 5 nitrogen and oxygen atoms in total. The average molecular weight is 295 g/mol. The third-order valence-corrected chi connectivity index (χ3v) is 3.73. The van der Waals surface area contributed by atoms with E-state index in [1.807, 2.05) is 0 Å². The number of ether oxygens (including phenoxy) is 1. The van der Waals surface area contributed by atoms with Crippen LogP contribution < -0.4 is 0 Å². The largest absolute Gasteiger partial charge is 0.469 e. The van der Waals surface area contributed by atoms with Crippen molar-refractivity contribution in [3.8, 4) is 0 Å². The Kier molecular flexibility index (Phi) is 4.90. The van der Waals surface area contributed by atoms with E-state index in [9.17, 15) is 19.1 Å². The Morgan fingerprint density at radius 1 is 1.48 bits per heavy atom. The number of aliphatic hydroxyl groups excluding tert-OH is 1. The molecule has 1 fully saturated rings. The minimum atomic E-state index is -0.482. The first-order valence-electron chi connectivity index (χ1n) is 6.80. The van der Waals surface area contributed by atoms with E-state index >= 15 is 0 Å². The van der Waals surface area contributed by atoms with Crippen molar-refractivity contribution in [1.82, 2.24) is 4.90 Å². The SMILES string of the molecule is COC(=O)C1CC(=O)N(C(CCO)c2ccc(F)cc2)C1. The van der Waals surface area contributed by atoms with Crippen molar-refractivity contribution >= 4 is 11.9 Å². The molecule has 6 heteroatoms. The maximum absolute atomic E-state index is 13.0. The van der Waals surface area contributed by atoms with E-state index in [0.29, 0.717) is 6.42 Å². The van der Waals surface area contributed by atoms with Gasteiger partial charge in [-0.2, -0.15) is 0 Å². The molecule has 1 aliphatic heterocycles. The van der Waals surface area contributed by atoms with Gasteiger partial charge >= 0.3 is 5.97 Å². The van der Waals surface area contributed by atoms with Crippen LogP contribution in [-0.2, 0) is 14.3 Å². The van der Waals surface area contributed by atoms with Crippen LogP contribution in [0, 0.1) is 11.7 Å². The number of hydrogen-bond acceptors (Lipinski definition) is 4. The fourth-order valence-electron chi connectivity index (χ4n) is 2.67. The van der Waals surface area contributed by atoms with E-state index in [1.165, 1.54) is 19.2 Å². The standard InChI is InChI=1S/C15H18FNO4/c1-21-15(20)11-8-14(19)17(9-11)13(6-7-18)10-2-4-12(16)5-3-10/h2-5,11,13,18H,6-9H2,1H3. The van der Waals surface area contributed by atoms with Crippen LogP contribution in [0.25, 0.3) is 0 Å². The van der Waals surface area contributed by atoms with Gasteiger partial charge in [0, 0.05) is 19.6 Å². The summed E-state index contributed by atoms with van der Waals surface area (Å²) in [6, 6.07) is 5.46. The van der Waals surface area contributed by atoms with Crippen LogP contribution in [0.1, 0.15) is 24.4 Å². The summed E-state index contributed by atoms with van der Waals surface area (Å²) in [5.41, 5.74) is 0.740. The molecule has 21 heavy (non-hydrogen) atoms. The molecular formula is C15H18FNO4. The summed E-state index contributed by atoms with van der Waals surface area (Å²) in [7, 11) is 1.29. The van der Waals surface area contributed by atoms with Gasteiger partial charge in [0.25, 0.3) is 0 Å². The van der Waals surface area contributed by atoms with Gasteiger partial charge in [-0.3, -0.25) is 9.59 Å². The molecule has 1 aliphatic rings. The fraction of sp³-hybridized carbons (Fsp3) is 0.467. The van der Waals surface area contributed by atoms with E-state index in [1.54, 1.807) is 17.0 Å². The van der Waals surface area contributed by atoms with Gasteiger partial charge < -0.3 is 14.7 Å². The molecule has 1 heterocycles. The second-order valence-electron chi connectivity index (χ2n) is 5.05. The van der Waals surface area contributed by atoms with Gasteiger partial charge in [-0.25, -0.2) is 4.39 Å². The lowest BCUT2D eigenvalue weighted by Gasteiger charge is -2.28. The number of rotatable bonds is 5.